The second kappa shape index (κ2) is 8.96. The summed E-state index contributed by atoms with van der Waals surface area (Å²) >= 11 is 0. The summed E-state index contributed by atoms with van der Waals surface area (Å²) in [5.41, 5.74) is 4.44. The highest BCUT2D eigenvalue weighted by Crippen LogP contribution is 2.46. The minimum atomic E-state index is -0.759. The topological polar surface area (TPSA) is 107 Å². The molecule has 3 atom stereocenters. The van der Waals surface area contributed by atoms with E-state index in [0.717, 1.165) is 27.7 Å². The number of benzene rings is 2. The first kappa shape index (κ1) is 23.1. The highest BCUT2D eigenvalue weighted by Gasteiger charge is 2.49. The number of H-pyrrole nitrogens is 1. The Kier molecular flexibility index (Phi) is 5.59. The lowest BCUT2D eigenvalue weighted by Gasteiger charge is -2.38. The molecule has 3 N–H and O–H groups in total. The number of hydrogen-bond acceptors (Lipinski definition) is 4. The Balaban J connectivity index is 1.33. The third kappa shape index (κ3) is 3.80. The van der Waals surface area contributed by atoms with Crippen LogP contribution in [0.15, 0.2) is 71.3 Å². The van der Waals surface area contributed by atoms with Crippen molar-refractivity contribution in [2.24, 2.45) is 5.92 Å². The molecule has 37 heavy (non-hydrogen) atoms. The van der Waals surface area contributed by atoms with Gasteiger partial charge in [0.2, 0.25) is 11.8 Å². The van der Waals surface area contributed by atoms with Gasteiger partial charge in [-0.15, -0.1) is 0 Å². The highest BCUT2D eigenvalue weighted by atomic mass is 16.3. The Morgan fingerprint density at radius 3 is 2.65 bits per heavy atom. The van der Waals surface area contributed by atoms with Gasteiger partial charge >= 0.3 is 0 Å². The number of nitrogens with zero attached hydrogens (tertiary/aromatic N) is 1. The molecule has 0 spiro atoms. The zero-order valence-corrected chi connectivity index (χ0v) is 20.7. The quantitative estimate of drug-likeness (QED) is 0.378. The van der Waals surface area contributed by atoms with Gasteiger partial charge in [-0.3, -0.25) is 14.4 Å². The second-order valence-electron chi connectivity index (χ2n) is 10.0. The normalized spacial score (nSPS) is 18.9. The predicted octanol–water partition coefficient (Wildman–Crippen LogP) is 3.69. The van der Waals surface area contributed by atoms with Crippen LogP contribution in [-0.2, 0) is 22.6 Å². The van der Waals surface area contributed by atoms with Gasteiger partial charge in [0, 0.05) is 28.6 Å². The Bertz CT molecular complexity index is 1500. The van der Waals surface area contributed by atoms with Crippen molar-refractivity contribution < 1.29 is 18.8 Å². The van der Waals surface area contributed by atoms with Crippen LogP contribution in [0.25, 0.3) is 10.9 Å². The molecule has 3 amide bonds. The number of rotatable bonds is 6. The van der Waals surface area contributed by atoms with Crippen molar-refractivity contribution in [1.29, 1.82) is 0 Å². The smallest absolute Gasteiger partial charge is 0.255 e. The lowest BCUT2D eigenvalue weighted by atomic mass is 9.89. The fourth-order valence-electron chi connectivity index (χ4n) is 5.62. The minimum Gasteiger partial charge on any atom is -0.467 e. The average Bonchev–Trinajstić information content (AvgIpc) is 3.62. The van der Waals surface area contributed by atoms with Crippen molar-refractivity contribution in [3.8, 4) is 0 Å². The van der Waals surface area contributed by atoms with Crippen LogP contribution < -0.4 is 10.6 Å². The number of para-hydroxylation sites is 1. The van der Waals surface area contributed by atoms with Crippen LogP contribution in [0.5, 0.6) is 0 Å². The van der Waals surface area contributed by atoms with Gasteiger partial charge in [-0.1, -0.05) is 50.2 Å². The third-order valence-electron chi connectivity index (χ3n) is 7.42. The summed E-state index contributed by atoms with van der Waals surface area (Å²) in [7, 11) is 0. The number of fused-ring (bicyclic) bond motifs is 7. The molecule has 0 aliphatic carbocycles. The van der Waals surface area contributed by atoms with Crippen molar-refractivity contribution in [3.05, 3.63) is 95.1 Å². The lowest BCUT2D eigenvalue weighted by Crippen LogP contribution is -2.57. The third-order valence-corrected chi connectivity index (χ3v) is 7.42. The SMILES string of the molecule is CC(C)[C@H](NC(=O)[C@H]1Cc2c([nH]c3ccccc23)[C@@H]2c3ccccc3C(=O)N21)C(=O)NCc1ccco1. The van der Waals surface area contributed by atoms with Crippen molar-refractivity contribution in [2.45, 2.75) is 44.9 Å². The fraction of sp³-hybridized carbons (Fsp3) is 0.276. The fourth-order valence-corrected chi connectivity index (χ4v) is 5.62. The molecule has 4 heterocycles. The van der Waals surface area contributed by atoms with E-state index in [1.165, 1.54) is 0 Å². The molecule has 4 aromatic rings. The molecular formula is C29H28N4O4. The van der Waals surface area contributed by atoms with Gasteiger partial charge in [-0.25, -0.2) is 0 Å². The summed E-state index contributed by atoms with van der Waals surface area (Å²) in [6, 6.07) is 17.1. The van der Waals surface area contributed by atoms with Crippen LogP contribution in [-0.4, -0.2) is 39.7 Å². The van der Waals surface area contributed by atoms with Crippen molar-refractivity contribution >= 4 is 28.6 Å². The number of furan rings is 1. The molecule has 0 bridgehead atoms. The van der Waals surface area contributed by atoms with Gasteiger partial charge in [0.15, 0.2) is 0 Å². The monoisotopic (exact) mass is 496 g/mol. The Morgan fingerprint density at radius 1 is 1.08 bits per heavy atom. The Morgan fingerprint density at radius 2 is 1.86 bits per heavy atom. The number of carbonyl (C=O) groups is 3. The van der Waals surface area contributed by atoms with Crippen LogP contribution in [0.3, 0.4) is 0 Å². The lowest BCUT2D eigenvalue weighted by molar-refractivity contribution is -0.133. The number of amides is 3. The highest BCUT2D eigenvalue weighted by molar-refractivity contribution is 6.04. The van der Waals surface area contributed by atoms with E-state index in [1.54, 1.807) is 23.3 Å². The molecule has 2 aromatic carbocycles. The largest absolute Gasteiger partial charge is 0.467 e. The molecule has 0 saturated heterocycles. The molecule has 8 nitrogen and oxygen atoms in total. The summed E-state index contributed by atoms with van der Waals surface area (Å²) in [6.45, 7) is 4.00. The maximum Gasteiger partial charge on any atom is 0.255 e. The zero-order valence-electron chi connectivity index (χ0n) is 20.7. The number of carbonyl (C=O) groups excluding carboxylic acids is 3. The molecule has 2 aromatic heterocycles. The van der Waals surface area contributed by atoms with Gasteiger partial charge in [0.1, 0.15) is 17.8 Å². The summed E-state index contributed by atoms with van der Waals surface area (Å²) in [6.07, 6.45) is 1.91. The first-order valence-electron chi connectivity index (χ1n) is 12.6. The number of aromatic nitrogens is 1. The van der Waals surface area contributed by atoms with Crippen LogP contribution in [0, 0.1) is 5.92 Å². The van der Waals surface area contributed by atoms with Gasteiger partial charge in [0.05, 0.1) is 18.8 Å². The molecule has 2 aliphatic rings. The van der Waals surface area contributed by atoms with Gasteiger partial charge < -0.3 is 24.9 Å². The van der Waals surface area contributed by atoms with Gasteiger partial charge in [0.25, 0.3) is 5.91 Å². The molecule has 0 unspecified atom stereocenters. The molecule has 8 heteroatoms. The van der Waals surface area contributed by atoms with Crippen LogP contribution >= 0.6 is 0 Å². The zero-order chi connectivity index (χ0) is 25.7. The molecule has 2 aliphatic heterocycles. The van der Waals surface area contributed by atoms with E-state index in [2.05, 4.69) is 15.6 Å². The maximum atomic E-state index is 13.8. The number of hydrogen-bond donors (Lipinski definition) is 3. The first-order valence-corrected chi connectivity index (χ1v) is 12.6. The second-order valence-corrected chi connectivity index (χ2v) is 10.0. The number of aromatic amines is 1. The standard InChI is InChI=1S/C29H28N4O4/c1-16(2)24(28(35)30-15-17-8-7-13-37-17)32-27(34)23-14-21-18-9-5-6-12-22(18)31-25(21)26-19-10-3-4-11-20(19)29(36)33(23)26/h3-13,16,23-24,26,31H,14-15H2,1-2H3,(H,30,35)(H,32,34)/t23-,24+,26+/m1/s1. The maximum absolute atomic E-state index is 13.8. The van der Waals surface area contributed by atoms with Crippen molar-refractivity contribution in [3.63, 3.8) is 0 Å². The van der Waals surface area contributed by atoms with E-state index in [9.17, 15) is 14.4 Å². The van der Waals surface area contributed by atoms with E-state index in [1.807, 2.05) is 62.4 Å². The van der Waals surface area contributed by atoms with Gasteiger partial charge in [-0.2, -0.15) is 0 Å². The minimum absolute atomic E-state index is 0.157. The van der Waals surface area contributed by atoms with Crippen molar-refractivity contribution in [2.75, 3.05) is 0 Å². The summed E-state index contributed by atoms with van der Waals surface area (Å²) in [5.74, 6) is -0.335. The van der Waals surface area contributed by atoms with E-state index in [-0.39, 0.29) is 36.2 Å². The predicted molar refractivity (Wildman–Crippen MR) is 138 cm³/mol. The average molecular weight is 497 g/mol. The van der Waals surface area contributed by atoms with Crippen LogP contribution in [0.4, 0.5) is 0 Å². The van der Waals surface area contributed by atoms with Crippen LogP contribution in [0.1, 0.15) is 52.8 Å². The molecule has 0 fully saturated rings. The van der Waals surface area contributed by atoms with E-state index < -0.39 is 12.1 Å². The molecular weight excluding hydrogens is 468 g/mol. The molecule has 188 valence electrons. The first-order chi connectivity index (χ1) is 17.9. The van der Waals surface area contributed by atoms with Crippen LogP contribution in [0.2, 0.25) is 0 Å². The van der Waals surface area contributed by atoms with Crippen molar-refractivity contribution in [1.82, 2.24) is 20.5 Å². The summed E-state index contributed by atoms with van der Waals surface area (Å²) in [5, 5.41) is 6.85. The summed E-state index contributed by atoms with van der Waals surface area (Å²) < 4.78 is 5.30. The van der Waals surface area contributed by atoms with E-state index >= 15 is 0 Å². The molecule has 0 radical (unpaired) electrons. The Hall–Kier alpha value is -4.33. The van der Waals surface area contributed by atoms with Gasteiger partial charge in [-0.05, 0) is 41.3 Å². The molecule has 0 saturated carbocycles. The number of nitrogens with one attached hydrogen (secondary N) is 3. The van der Waals surface area contributed by atoms with E-state index in [4.69, 9.17) is 4.42 Å². The van der Waals surface area contributed by atoms with E-state index in [0.29, 0.717) is 17.7 Å². The Labute approximate surface area is 214 Å². The molecule has 6 rings (SSSR count). The summed E-state index contributed by atoms with van der Waals surface area (Å²) in [4.78, 5) is 45.7.